The Morgan fingerprint density at radius 2 is 1.81 bits per heavy atom. The molecule has 1 aromatic heterocycles. The van der Waals surface area contributed by atoms with Crippen molar-refractivity contribution < 1.29 is 14.3 Å². The molecular formula is C25H24N4O3. The molecule has 0 saturated carbocycles. The average Bonchev–Trinajstić information content (AvgIpc) is 3.25. The second kappa shape index (κ2) is 8.34. The molecule has 1 unspecified atom stereocenters. The van der Waals surface area contributed by atoms with Gasteiger partial charge in [-0.1, -0.05) is 36.4 Å². The summed E-state index contributed by atoms with van der Waals surface area (Å²) in [6.45, 7) is 1.02. The van der Waals surface area contributed by atoms with Crippen molar-refractivity contribution in [2.75, 3.05) is 25.6 Å². The molecule has 1 N–H and O–H groups in total. The Kier molecular flexibility index (Phi) is 5.23. The molecule has 2 amide bonds. The molecule has 1 atom stereocenters. The Hall–Kier alpha value is -3.87. The zero-order valence-corrected chi connectivity index (χ0v) is 17.8. The molecular weight excluding hydrogens is 404 g/mol. The van der Waals surface area contributed by atoms with E-state index in [-0.39, 0.29) is 17.7 Å². The standard InChI is InChI=1S/C25H24N4O3/c1-32-23-13-12-20(18-8-2-3-9-19(18)23)25(31)28-14-6-7-17(15-28)24(30)27-29-16-26-21-10-4-5-11-22(21)29/h2-5,8-13,16-17H,6-7,14-15H2,1H3,(H,27,30). The number of ether oxygens (including phenoxy) is 1. The van der Waals surface area contributed by atoms with Gasteiger partial charge in [0.2, 0.25) is 5.91 Å². The molecule has 0 bridgehead atoms. The van der Waals surface area contributed by atoms with Gasteiger partial charge in [-0.2, -0.15) is 0 Å². The van der Waals surface area contributed by atoms with Crippen LogP contribution in [-0.4, -0.2) is 46.6 Å². The van der Waals surface area contributed by atoms with E-state index in [0.717, 1.165) is 40.4 Å². The monoisotopic (exact) mass is 428 g/mol. The maximum Gasteiger partial charge on any atom is 0.254 e. The maximum atomic E-state index is 13.4. The van der Waals surface area contributed by atoms with Crippen molar-refractivity contribution in [3.05, 3.63) is 72.6 Å². The molecule has 32 heavy (non-hydrogen) atoms. The Balaban J connectivity index is 1.35. The molecule has 4 aromatic rings. The highest BCUT2D eigenvalue weighted by Gasteiger charge is 2.30. The number of nitrogens with one attached hydrogen (secondary N) is 1. The maximum absolute atomic E-state index is 13.4. The summed E-state index contributed by atoms with van der Waals surface area (Å²) in [5.74, 6) is 0.290. The predicted molar refractivity (Wildman–Crippen MR) is 123 cm³/mol. The smallest absolute Gasteiger partial charge is 0.254 e. The molecule has 2 heterocycles. The highest BCUT2D eigenvalue weighted by molar-refractivity contribution is 6.08. The van der Waals surface area contributed by atoms with Gasteiger partial charge in [0.25, 0.3) is 5.91 Å². The van der Waals surface area contributed by atoms with Crippen LogP contribution in [0.25, 0.3) is 21.8 Å². The van der Waals surface area contributed by atoms with Crippen LogP contribution in [0.3, 0.4) is 0 Å². The molecule has 7 heteroatoms. The summed E-state index contributed by atoms with van der Waals surface area (Å²) in [6.07, 6.45) is 3.13. The van der Waals surface area contributed by atoms with Crippen LogP contribution in [0.2, 0.25) is 0 Å². The number of benzene rings is 3. The van der Waals surface area contributed by atoms with Gasteiger partial charge in [0.15, 0.2) is 0 Å². The van der Waals surface area contributed by atoms with Gasteiger partial charge in [-0.15, -0.1) is 0 Å². The lowest BCUT2D eigenvalue weighted by Gasteiger charge is -2.32. The number of aromatic nitrogens is 2. The first-order valence-corrected chi connectivity index (χ1v) is 10.7. The third-order valence-electron chi connectivity index (χ3n) is 6.10. The van der Waals surface area contributed by atoms with Gasteiger partial charge in [-0.25, -0.2) is 9.66 Å². The van der Waals surface area contributed by atoms with Crippen LogP contribution in [-0.2, 0) is 4.79 Å². The number of carbonyl (C=O) groups is 2. The summed E-state index contributed by atoms with van der Waals surface area (Å²) in [6, 6.07) is 19.0. The largest absolute Gasteiger partial charge is 0.496 e. The predicted octanol–water partition coefficient (Wildman–Crippen LogP) is 3.82. The number of para-hydroxylation sites is 2. The minimum Gasteiger partial charge on any atom is -0.496 e. The number of imidazole rings is 1. The van der Waals surface area contributed by atoms with Gasteiger partial charge in [0, 0.05) is 24.0 Å². The average molecular weight is 428 g/mol. The van der Waals surface area contributed by atoms with Gasteiger partial charge < -0.3 is 9.64 Å². The van der Waals surface area contributed by atoms with Crippen molar-refractivity contribution in [1.29, 1.82) is 0 Å². The Morgan fingerprint density at radius 3 is 2.66 bits per heavy atom. The number of hydrogen-bond acceptors (Lipinski definition) is 4. The number of amides is 2. The van der Waals surface area contributed by atoms with E-state index >= 15 is 0 Å². The van der Waals surface area contributed by atoms with E-state index < -0.39 is 0 Å². The topological polar surface area (TPSA) is 76.5 Å². The van der Waals surface area contributed by atoms with Crippen molar-refractivity contribution in [2.24, 2.45) is 5.92 Å². The van der Waals surface area contributed by atoms with Crippen LogP contribution in [0.4, 0.5) is 0 Å². The van der Waals surface area contributed by atoms with Gasteiger partial charge in [-0.05, 0) is 42.5 Å². The van der Waals surface area contributed by atoms with Crippen molar-refractivity contribution >= 4 is 33.6 Å². The summed E-state index contributed by atoms with van der Waals surface area (Å²) in [7, 11) is 1.63. The lowest BCUT2D eigenvalue weighted by atomic mass is 9.95. The number of fused-ring (bicyclic) bond motifs is 2. The first kappa shape index (κ1) is 20.1. The number of likely N-dealkylation sites (tertiary alicyclic amines) is 1. The molecule has 1 aliphatic rings. The van der Waals surface area contributed by atoms with Gasteiger partial charge in [-0.3, -0.25) is 15.0 Å². The Bertz CT molecular complexity index is 1310. The van der Waals surface area contributed by atoms with Gasteiger partial charge >= 0.3 is 0 Å². The SMILES string of the molecule is COc1ccc(C(=O)N2CCCC(C(=O)Nn3cnc4ccccc43)C2)c2ccccc12. The Labute approximate surface area is 185 Å². The minimum atomic E-state index is -0.279. The molecule has 1 saturated heterocycles. The highest BCUT2D eigenvalue weighted by atomic mass is 16.5. The second-order valence-corrected chi connectivity index (χ2v) is 8.03. The number of methoxy groups -OCH3 is 1. The summed E-state index contributed by atoms with van der Waals surface area (Å²) in [5.41, 5.74) is 5.23. The quantitative estimate of drug-likeness (QED) is 0.536. The molecule has 0 aliphatic carbocycles. The van der Waals surface area contributed by atoms with E-state index in [0.29, 0.717) is 18.7 Å². The third-order valence-corrected chi connectivity index (χ3v) is 6.10. The van der Waals surface area contributed by atoms with Crippen molar-refractivity contribution in [3.63, 3.8) is 0 Å². The number of hydrogen-bond donors (Lipinski definition) is 1. The van der Waals surface area contributed by atoms with Gasteiger partial charge in [0.05, 0.1) is 24.1 Å². The zero-order chi connectivity index (χ0) is 22.1. The molecule has 1 aliphatic heterocycles. The van der Waals surface area contributed by atoms with Crippen LogP contribution >= 0.6 is 0 Å². The number of nitrogens with zero attached hydrogens (tertiary/aromatic N) is 3. The fourth-order valence-corrected chi connectivity index (χ4v) is 4.44. The summed E-state index contributed by atoms with van der Waals surface area (Å²) >= 11 is 0. The first-order valence-electron chi connectivity index (χ1n) is 10.7. The van der Waals surface area contributed by atoms with E-state index in [2.05, 4.69) is 10.4 Å². The summed E-state index contributed by atoms with van der Waals surface area (Å²) in [5, 5.41) is 1.76. The molecule has 1 fully saturated rings. The van der Waals surface area contributed by atoms with Gasteiger partial charge in [0.1, 0.15) is 12.1 Å². The van der Waals surface area contributed by atoms with E-state index in [1.165, 1.54) is 0 Å². The number of carbonyl (C=O) groups excluding carboxylic acids is 2. The van der Waals surface area contributed by atoms with Crippen molar-refractivity contribution in [2.45, 2.75) is 12.8 Å². The van der Waals surface area contributed by atoms with E-state index in [4.69, 9.17) is 4.74 Å². The van der Waals surface area contributed by atoms with E-state index in [1.54, 1.807) is 23.0 Å². The second-order valence-electron chi connectivity index (χ2n) is 8.03. The molecule has 0 spiro atoms. The zero-order valence-electron chi connectivity index (χ0n) is 17.8. The highest BCUT2D eigenvalue weighted by Crippen LogP contribution is 2.30. The third kappa shape index (κ3) is 3.56. The first-order chi connectivity index (χ1) is 15.7. The van der Waals surface area contributed by atoms with Crippen LogP contribution in [0, 0.1) is 5.92 Å². The molecule has 3 aromatic carbocycles. The number of rotatable bonds is 4. The number of piperidine rings is 1. The van der Waals surface area contributed by atoms with Crippen molar-refractivity contribution in [1.82, 2.24) is 14.6 Å². The van der Waals surface area contributed by atoms with E-state index in [1.807, 2.05) is 60.7 Å². The van der Waals surface area contributed by atoms with Crippen LogP contribution in [0.15, 0.2) is 67.0 Å². The van der Waals surface area contributed by atoms with Crippen LogP contribution < -0.4 is 10.2 Å². The fourth-order valence-electron chi connectivity index (χ4n) is 4.44. The van der Waals surface area contributed by atoms with E-state index in [9.17, 15) is 9.59 Å². The van der Waals surface area contributed by atoms with Crippen molar-refractivity contribution in [3.8, 4) is 5.75 Å². The summed E-state index contributed by atoms with van der Waals surface area (Å²) < 4.78 is 7.10. The lowest BCUT2D eigenvalue weighted by molar-refractivity contribution is -0.122. The molecule has 5 rings (SSSR count). The normalized spacial score (nSPS) is 16.3. The minimum absolute atomic E-state index is 0.0607. The van der Waals surface area contributed by atoms with Crippen LogP contribution in [0.1, 0.15) is 23.2 Å². The Morgan fingerprint density at radius 1 is 1.03 bits per heavy atom. The summed E-state index contributed by atoms with van der Waals surface area (Å²) in [4.78, 5) is 32.5. The molecule has 7 nitrogen and oxygen atoms in total. The lowest BCUT2D eigenvalue weighted by Crippen LogP contribution is -2.44. The fraction of sp³-hybridized carbons (Fsp3) is 0.240. The van der Waals surface area contributed by atoms with Crippen LogP contribution in [0.5, 0.6) is 5.75 Å². The molecule has 0 radical (unpaired) electrons. The molecule has 162 valence electrons.